The summed E-state index contributed by atoms with van der Waals surface area (Å²) in [7, 11) is 0. The Bertz CT molecular complexity index is 1320. The van der Waals surface area contributed by atoms with Gasteiger partial charge >= 0.3 is 0 Å². The van der Waals surface area contributed by atoms with Crippen molar-refractivity contribution in [3.05, 3.63) is 94.0 Å². The van der Waals surface area contributed by atoms with E-state index in [0.29, 0.717) is 32.7 Å². The van der Waals surface area contributed by atoms with Crippen LogP contribution in [-0.4, -0.2) is 21.6 Å². The largest absolute Gasteiger partial charge is 0.320 e. The highest BCUT2D eigenvalue weighted by atomic mass is 35.5. The van der Waals surface area contributed by atoms with Crippen LogP contribution in [0.5, 0.6) is 0 Å². The molecule has 1 aliphatic rings. The second kappa shape index (κ2) is 8.19. The SMILES string of the molecule is Cc1ccc(-c2cc(-c3ccc(Cl)cc3)nc(/N=C3\C(=O)Nc4ccc(Cl)cc43)n2)cc1. The van der Waals surface area contributed by atoms with E-state index >= 15 is 0 Å². The Hall–Kier alpha value is -3.54. The number of aromatic nitrogens is 2. The molecule has 0 saturated carbocycles. The van der Waals surface area contributed by atoms with Crippen molar-refractivity contribution in [1.29, 1.82) is 0 Å². The number of amides is 1. The van der Waals surface area contributed by atoms with Crippen molar-refractivity contribution >= 4 is 46.5 Å². The van der Waals surface area contributed by atoms with Gasteiger partial charge in [-0.3, -0.25) is 4.79 Å². The van der Waals surface area contributed by atoms with E-state index in [-0.39, 0.29) is 17.6 Å². The lowest BCUT2D eigenvalue weighted by atomic mass is 10.1. The number of aliphatic imine (C=N–C) groups is 1. The van der Waals surface area contributed by atoms with Gasteiger partial charge in [0.2, 0.25) is 0 Å². The molecule has 1 amide bonds. The van der Waals surface area contributed by atoms with Crippen LogP contribution in [-0.2, 0) is 4.79 Å². The average molecular weight is 459 g/mol. The molecule has 0 saturated heterocycles. The summed E-state index contributed by atoms with van der Waals surface area (Å²) in [4.78, 5) is 26.4. The molecule has 5 rings (SSSR count). The van der Waals surface area contributed by atoms with E-state index in [1.165, 1.54) is 0 Å². The number of hydrogen-bond acceptors (Lipinski definition) is 4. The molecule has 1 aromatic heterocycles. The summed E-state index contributed by atoms with van der Waals surface area (Å²) in [6, 6.07) is 22.5. The van der Waals surface area contributed by atoms with Gasteiger partial charge in [0.05, 0.1) is 17.1 Å². The third-order valence-corrected chi connectivity index (χ3v) is 5.60. The maximum Gasteiger partial charge on any atom is 0.275 e. The van der Waals surface area contributed by atoms with Gasteiger partial charge < -0.3 is 5.32 Å². The van der Waals surface area contributed by atoms with E-state index in [1.54, 1.807) is 30.3 Å². The molecular formula is C25H16Cl2N4O. The monoisotopic (exact) mass is 458 g/mol. The first kappa shape index (κ1) is 20.4. The molecule has 1 aliphatic heterocycles. The Morgan fingerprint density at radius 1 is 0.781 bits per heavy atom. The zero-order valence-electron chi connectivity index (χ0n) is 16.9. The zero-order valence-corrected chi connectivity index (χ0v) is 18.4. The van der Waals surface area contributed by atoms with Crippen molar-refractivity contribution in [2.75, 3.05) is 5.32 Å². The maximum absolute atomic E-state index is 12.6. The second-order valence-corrected chi connectivity index (χ2v) is 8.29. The highest BCUT2D eigenvalue weighted by Gasteiger charge is 2.26. The molecule has 0 aliphatic carbocycles. The Kier molecular flexibility index (Phi) is 5.21. The lowest BCUT2D eigenvalue weighted by molar-refractivity contribution is -0.110. The molecule has 0 spiro atoms. The Morgan fingerprint density at radius 3 is 2.03 bits per heavy atom. The normalized spacial score (nSPS) is 13.8. The van der Waals surface area contributed by atoms with Crippen molar-refractivity contribution in [2.24, 2.45) is 4.99 Å². The molecule has 0 radical (unpaired) electrons. The first-order valence-electron chi connectivity index (χ1n) is 9.88. The van der Waals surface area contributed by atoms with E-state index in [2.05, 4.69) is 20.3 Å². The van der Waals surface area contributed by atoms with E-state index in [4.69, 9.17) is 23.2 Å². The fraction of sp³-hybridized carbons (Fsp3) is 0.0400. The summed E-state index contributed by atoms with van der Waals surface area (Å²) >= 11 is 12.2. The van der Waals surface area contributed by atoms with Gasteiger partial charge in [0.15, 0.2) is 0 Å². The minimum absolute atomic E-state index is 0.186. The van der Waals surface area contributed by atoms with Gasteiger partial charge in [-0.2, -0.15) is 0 Å². The molecule has 3 aromatic carbocycles. The predicted octanol–water partition coefficient (Wildman–Crippen LogP) is 6.50. The molecule has 0 bridgehead atoms. The molecule has 1 N–H and O–H groups in total. The summed E-state index contributed by atoms with van der Waals surface area (Å²) in [5.41, 5.74) is 5.83. The number of fused-ring (bicyclic) bond motifs is 1. The van der Waals surface area contributed by atoms with Gasteiger partial charge in [0, 0.05) is 26.7 Å². The first-order chi connectivity index (χ1) is 15.5. The molecule has 0 unspecified atom stereocenters. The number of nitrogens with zero attached hydrogens (tertiary/aromatic N) is 3. The van der Waals surface area contributed by atoms with Gasteiger partial charge in [-0.15, -0.1) is 0 Å². The number of rotatable bonds is 3. The summed E-state index contributed by atoms with van der Waals surface area (Å²) in [5.74, 6) is -0.134. The molecule has 0 fully saturated rings. The van der Waals surface area contributed by atoms with E-state index in [1.807, 2.05) is 49.4 Å². The van der Waals surface area contributed by atoms with Crippen molar-refractivity contribution < 1.29 is 4.79 Å². The molecule has 156 valence electrons. The minimum Gasteiger partial charge on any atom is -0.320 e. The van der Waals surface area contributed by atoms with Crippen LogP contribution in [0.15, 0.2) is 77.8 Å². The smallest absolute Gasteiger partial charge is 0.275 e. The fourth-order valence-corrected chi connectivity index (χ4v) is 3.76. The zero-order chi connectivity index (χ0) is 22.2. The second-order valence-electron chi connectivity index (χ2n) is 7.42. The van der Waals surface area contributed by atoms with Crippen LogP contribution in [0.1, 0.15) is 11.1 Å². The molecule has 7 heteroatoms. The summed E-state index contributed by atoms with van der Waals surface area (Å²) < 4.78 is 0. The highest BCUT2D eigenvalue weighted by Crippen LogP contribution is 2.30. The number of aryl methyl sites for hydroxylation is 1. The molecule has 4 aromatic rings. The Morgan fingerprint density at radius 2 is 1.38 bits per heavy atom. The first-order valence-corrected chi connectivity index (χ1v) is 10.6. The average Bonchev–Trinajstić information content (AvgIpc) is 3.09. The molecule has 5 nitrogen and oxygen atoms in total. The van der Waals surface area contributed by atoms with Gasteiger partial charge in [-0.05, 0) is 43.3 Å². The van der Waals surface area contributed by atoms with Gasteiger partial charge in [0.25, 0.3) is 11.9 Å². The number of benzene rings is 3. The Balaban J connectivity index is 1.67. The van der Waals surface area contributed by atoms with Crippen LogP contribution in [0.3, 0.4) is 0 Å². The van der Waals surface area contributed by atoms with Crippen molar-refractivity contribution in [1.82, 2.24) is 9.97 Å². The van der Waals surface area contributed by atoms with Gasteiger partial charge in [-0.1, -0.05) is 65.2 Å². The summed E-state index contributed by atoms with van der Waals surface area (Å²) in [6.07, 6.45) is 0. The van der Waals surface area contributed by atoms with Crippen LogP contribution in [0.2, 0.25) is 10.0 Å². The van der Waals surface area contributed by atoms with Gasteiger partial charge in [0.1, 0.15) is 5.71 Å². The van der Waals surface area contributed by atoms with Crippen molar-refractivity contribution in [3.8, 4) is 22.5 Å². The third kappa shape index (κ3) is 4.00. The number of nitrogens with one attached hydrogen (secondary N) is 1. The fourth-order valence-electron chi connectivity index (χ4n) is 3.46. The number of halogens is 2. The van der Waals surface area contributed by atoms with Crippen LogP contribution in [0.25, 0.3) is 22.5 Å². The van der Waals surface area contributed by atoms with Crippen LogP contribution < -0.4 is 5.32 Å². The van der Waals surface area contributed by atoms with Crippen molar-refractivity contribution in [3.63, 3.8) is 0 Å². The van der Waals surface area contributed by atoms with E-state index in [9.17, 15) is 4.79 Å². The number of anilines is 1. The minimum atomic E-state index is -0.320. The predicted molar refractivity (Wildman–Crippen MR) is 129 cm³/mol. The van der Waals surface area contributed by atoms with Crippen LogP contribution in [0, 0.1) is 6.92 Å². The van der Waals surface area contributed by atoms with Crippen molar-refractivity contribution in [2.45, 2.75) is 6.92 Å². The van der Waals surface area contributed by atoms with E-state index in [0.717, 1.165) is 16.7 Å². The lowest BCUT2D eigenvalue weighted by Gasteiger charge is -2.08. The van der Waals surface area contributed by atoms with Gasteiger partial charge in [-0.25, -0.2) is 15.0 Å². The third-order valence-electron chi connectivity index (χ3n) is 5.11. The molecular weight excluding hydrogens is 443 g/mol. The lowest BCUT2D eigenvalue weighted by Crippen LogP contribution is -2.14. The Labute approximate surface area is 194 Å². The van der Waals surface area contributed by atoms with Crippen LogP contribution in [0.4, 0.5) is 11.6 Å². The maximum atomic E-state index is 12.6. The summed E-state index contributed by atoms with van der Waals surface area (Å²) in [5, 5.41) is 3.96. The summed E-state index contributed by atoms with van der Waals surface area (Å²) in [6.45, 7) is 2.03. The number of carbonyl (C=O) groups excluding carboxylic acids is 1. The van der Waals surface area contributed by atoms with E-state index < -0.39 is 0 Å². The quantitative estimate of drug-likeness (QED) is 0.380. The molecule has 0 atom stereocenters. The topological polar surface area (TPSA) is 67.2 Å². The molecule has 32 heavy (non-hydrogen) atoms. The highest BCUT2D eigenvalue weighted by molar-refractivity contribution is 6.54. The van der Waals surface area contributed by atoms with Crippen LogP contribution >= 0.6 is 23.2 Å². The molecule has 2 heterocycles. The standard InChI is InChI=1S/C25H16Cl2N4O/c1-14-2-4-15(5-3-14)21-13-22(16-6-8-17(26)9-7-16)30-25(29-21)31-23-19-12-18(27)10-11-20(19)28-24(23)32/h2-13H,1H3,(H,28,29,30,31,32). The number of carbonyl (C=O) groups is 1. The number of hydrogen-bond donors (Lipinski definition) is 1.